The first-order valence-electron chi connectivity index (χ1n) is 6.12. The molecule has 0 aliphatic carbocycles. The van der Waals surface area contributed by atoms with E-state index in [-0.39, 0.29) is 5.91 Å². The van der Waals surface area contributed by atoms with Crippen molar-refractivity contribution in [3.8, 4) is 0 Å². The van der Waals surface area contributed by atoms with Crippen LogP contribution in [0.1, 0.15) is 27.8 Å². The zero-order valence-corrected chi connectivity index (χ0v) is 12.4. The largest absolute Gasteiger partial charge is 0.444 e. The van der Waals surface area contributed by atoms with Gasteiger partial charge in [-0.1, -0.05) is 0 Å². The first kappa shape index (κ1) is 12.5. The maximum Gasteiger partial charge on any atom is 0.289 e. The Bertz CT molecular complexity index is 644. The van der Waals surface area contributed by atoms with Crippen molar-refractivity contribution < 1.29 is 9.21 Å². The SMILES string of the molecule is Cc1nc2c(n1C)CN(C(=O)c1ccc(Br)o1)CC2. The lowest BCUT2D eigenvalue weighted by molar-refractivity contribution is 0.0696. The van der Waals surface area contributed by atoms with Crippen molar-refractivity contribution in [3.63, 3.8) is 0 Å². The van der Waals surface area contributed by atoms with E-state index in [1.54, 1.807) is 17.0 Å². The Balaban J connectivity index is 1.85. The van der Waals surface area contributed by atoms with Crippen LogP contribution in [0.2, 0.25) is 0 Å². The number of nitrogens with zero attached hydrogens (tertiary/aromatic N) is 3. The van der Waals surface area contributed by atoms with Crippen molar-refractivity contribution in [2.45, 2.75) is 19.9 Å². The Labute approximate surface area is 119 Å². The second kappa shape index (κ2) is 4.52. The number of halogens is 1. The predicted octanol–water partition coefficient (Wildman–Crippen LogP) is 2.28. The van der Waals surface area contributed by atoms with E-state index >= 15 is 0 Å². The first-order valence-corrected chi connectivity index (χ1v) is 6.91. The van der Waals surface area contributed by atoms with Gasteiger partial charge >= 0.3 is 0 Å². The number of carbonyl (C=O) groups excluding carboxylic acids is 1. The third kappa shape index (κ3) is 2.10. The highest BCUT2D eigenvalue weighted by atomic mass is 79.9. The summed E-state index contributed by atoms with van der Waals surface area (Å²) in [4.78, 5) is 18.6. The summed E-state index contributed by atoms with van der Waals surface area (Å²) in [6.45, 7) is 3.25. The van der Waals surface area contributed by atoms with Crippen LogP contribution in [0.15, 0.2) is 21.2 Å². The minimum Gasteiger partial charge on any atom is -0.444 e. The molecule has 0 unspecified atom stereocenters. The average Bonchev–Trinajstić information content (AvgIpc) is 2.94. The molecule has 1 aliphatic rings. The smallest absolute Gasteiger partial charge is 0.289 e. The summed E-state index contributed by atoms with van der Waals surface area (Å²) < 4.78 is 7.95. The van der Waals surface area contributed by atoms with Crippen LogP contribution in [-0.2, 0) is 20.0 Å². The van der Waals surface area contributed by atoms with Crippen molar-refractivity contribution in [1.82, 2.24) is 14.5 Å². The van der Waals surface area contributed by atoms with Gasteiger partial charge in [0.05, 0.1) is 17.9 Å². The lowest BCUT2D eigenvalue weighted by Crippen LogP contribution is -2.36. The summed E-state index contributed by atoms with van der Waals surface area (Å²) >= 11 is 3.21. The number of rotatable bonds is 1. The molecule has 2 aromatic rings. The molecular weight excluding hydrogens is 310 g/mol. The normalized spacial score (nSPS) is 14.6. The molecule has 0 N–H and O–H groups in total. The van der Waals surface area contributed by atoms with Crippen molar-refractivity contribution in [2.24, 2.45) is 7.05 Å². The number of aromatic nitrogens is 2. The van der Waals surface area contributed by atoms with Gasteiger partial charge in [-0.15, -0.1) is 0 Å². The van der Waals surface area contributed by atoms with E-state index in [4.69, 9.17) is 4.42 Å². The van der Waals surface area contributed by atoms with Gasteiger partial charge in [-0.3, -0.25) is 4.79 Å². The summed E-state index contributed by atoms with van der Waals surface area (Å²) in [5, 5.41) is 0. The summed E-state index contributed by atoms with van der Waals surface area (Å²) in [6.07, 6.45) is 0.796. The van der Waals surface area contributed by atoms with Gasteiger partial charge in [0.1, 0.15) is 5.82 Å². The van der Waals surface area contributed by atoms with Crippen LogP contribution in [-0.4, -0.2) is 26.9 Å². The molecule has 19 heavy (non-hydrogen) atoms. The molecule has 3 heterocycles. The number of amides is 1. The Kier molecular flexibility index (Phi) is 2.97. The molecule has 1 aliphatic heterocycles. The molecule has 0 saturated carbocycles. The second-order valence-corrected chi connectivity index (χ2v) is 5.47. The summed E-state index contributed by atoms with van der Waals surface area (Å²) in [5.41, 5.74) is 2.22. The van der Waals surface area contributed by atoms with E-state index in [1.807, 2.05) is 18.5 Å². The third-order valence-electron chi connectivity index (χ3n) is 3.55. The van der Waals surface area contributed by atoms with E-state index in [2.05, 4.69) is 20.9 Å². The average molecular weight is 324 g/mol. The number of fused-ring (bicyclic) bond motifs is 1. The van der Waals surface area contributed by atoms with Gasteiger partial charge in [0.25, 0.3) is 5.91 Å². The van der Waals surface area contributed by atoms with Crippen molar-refractivity contribution in [1.29, 1.82) is 0 Å². The van der Waals surface area contributed by atoms with E-state index in [1.165, 1.54) is 0 Å². The highest BCUT2D eigenvalue weighted by molar-refractivity contribution is 9.10. The molecule has 0 atom stereocenters. The van der Waals surface area contributed by atoms with Gasteiger partial charge in [-0.2, -0.15) is 0 Å². The summed E-state index contributed by atoms with van der Waals surface area (Å²) in [7, 11) is 1.98. The molecule has 0 radical (unpaired) electrons. The number of aryl methyl sites for hydroxylation is 1. The molecular formula is C13H14BrN3O2. The minimum atomic E-state index is -0.0739. The van der Waals surface area contributed by atoms with Crippen LogP contribution in [0.25, 0.3) is 0 Å². The monoisotopic (exact) mass is 323 g/mol. The van der Waals surface area contributed by atoms with Crippen LogP contribution in [0.3, 0.4) is 0 Å². The van der Waals surface area contributed by atoms with Crippen LogP contribution in [0, 0.1) is 6.92 Å². The number of hydrogen-bond acceptors (Lipinski definition) is 3. The zero-order valence-electron chi connectivity index (χ0n) is 10.8. The number of furan rings is 1. The molecule has 6 heteroatoms. The van der Waals surface area contributed by atoms with E-state index in [0.717, 1.165) is 23.6 Å². The van der Waals surface area contributed by atoms with Crippen LogP contribution >= 0.6 is 15.9 Å². The molecule has 3 rings (SSSR count). The fourth-order valence-corrected chi connectivity index (χ4v) is 2.69. The zero-order chi connectivity index (χ0) is 13.6. The molecule has 0 saturated heterocycles. The first-order chi connectivity index (χ1) is 9.06. The van der Waals surface area contributed by atoms with Gasteiger partial charge in [0.2, 0.25) is 0 Å². The molecule has 0 fully saturated rings. The van der Waals surface area contributed by atoms with Gasteiger partial charge in [0, 0.05) is 20.0 Å². The standard InChI is InChI=1S/C13H14BrN3O2/c1-8-15-9-5-6-17(7-10(9)16(8)2)13(18)11-3-4-12(14)19-11/h3-4H,5-7H2,1-2H3. The topological polar surface area (TPSA) is 51.3 Å². The maximum atomic E-state index is 12.3. The summed E-state index contributed by atoms with van der Waals surface area (Å²) in [6, 6.07) is 3.42. The van der Waals surface area contributed by atoms with E-state index in [0.29, 0.717) is 23.5 Å². The molecule has 5 nitrogen and oxygen atoms in total. The molecule has 0 aromatic carbocycles. The lowest BCUT2D eigenvalue weighted by atomic mass is 10.1. The lowest BCUT2D eigenvalue weighted by Gasteiger charge is -2.26. The minimum absolute atomic E-state index is 0.0739. The molecule has 2 aromatic heterocycles. The maximum absolute atomic E-state index is 12.3. The Morgan fingerprint density at radius 1 is 1.47 bits per heavy atom. The van der Waals surface area contributed by atoms with Crippen molar-refractivity contribution in [2.75, 3.05) is 6.54 Å². The van der Waals surface area contributed by atoms with Gasteiger partial charge < -0.3 is 13.9 Å². The number of imidazole rings is 1. The Morgan fingerprint density at radius 3 is 2.95 bits per heavy atom. The fraction of sp³-hybridized carbons (Fsp3) is 0.385. The van der Waals surface area contributed by atoms with E-state index < -0.39 is 0 Å². The Hall–Kier alpha value is -1.56. The number of hydrogen-bond donors (Lipinski definition) is 0. The summed E-state index contributed by atoms with van der Waals surface area (Å²) in [5.74, 6) is 1.28. The highest BCUT2D eigenvalue weighted by Gasteiger charge is 2.27. The van der Waals surface area contributed by atoms with Crippen LogP contribution < -0.4 is 0 Å². The predicted molar refractivity (Wildman–Crippen MR) is 72.8 cm³/mol. The second-order valence-electron chi connectivity index (χ2n) is 4.69. The van der Waals surface area contributed by atoms with Crippen LogP contribution in [0.4, 0.5) is 0 Å². The number of carbonyl (C=O) groups is 1. The fourth-order valence-electron chi connectivity index (χ4n) is 2.38. The molecule has 1 amide bonds. The van der Waals surface area contributed by atoms with Gasteiger partial charge in [0.15, 0.2) is 10.4 Å². The third-order valence-corrected chi connectivity index (χ3v) is 3.98. The Morgan fingerprint density at radius 2 is 2.26 bits per heavy atom. The molecule has 100 valence electrons. The molecule has 0 bridgehead atoms. The van der Waals surface area contributed by atoms with Crippen molar-refractivity contribution >= 4 is 21.8 Å². The highest BCUT2D eigenvalue weighted by Crippen LogP contribution is 2.22. The molecule has 0 spiro atoms. The quantitative estimate of drug-likeness (QED) is 0.809. The van der Waals surface area contributed by atoms with Gasteiger partial charge in [-0.05, 0) is 35.0 Å². The van der Waals surface area contributed by atoms with E-state index in [9.17, 15) is 4.79 Å². The van der Waals surface area contributed by atoms with Crippen LogP contribution in [0.5, 0.6) is 0 Å². The van der Waals surface area contributed by atoms with Crippen molar-refractivity contribution in [3.05, 3.63) is 39.8 Å². The van der Waals surface area contributed by atoms with Gasteiger partial charge in [-0.25, -0.2) is 4.98 Å².